The summed E-state index contributed by atoms with van der Waals surface area (Å²) in [4.78, 5) is 25.0. The van der Waals surface area contributed by atoms with Gasteiger partial charge in [0.1, 0.15) is 12.4 Å². The summed E-state index contributed by atoms with van der Waals surface area (Å²) in [5.41, 5.74) is 6.29. The minimum Gasteiger partial charge on any atom is -0.497 e. The molecule has 0 radical (unpaired) electrons. The number of hydrogen-bond donors (Lipinski definition) is 1. The van der Waals surface area contributed by atoms with Crippen molar-refractivity contribution in [1.82, 2.24) is 4.90 Å². The average molecular weight is 306 g/mol. The normalized spacial score (nSPS) is 18.0. The third kappa shape index (κ3) is 4.46. The Morgan fingerprint density at radius 1 is 1.32 bits per heavy atom. The van der Waals surface area contributed by atoms with Crippen molar-refractivity contribution in [2.24, 2.45) is 11.7 Å². The minimum absolute atomic E-state index is 0.0114. The van der Waals surface area contributed by atoms with Crippen molar-refractivity contribution in [3.05, 3.63) is 29.8 Å². The van der Waals surface area contributed by atoms with E-state index in [1.54, 1.807) is 12.0 Å². The van der Waals surface area contributed by atoms with Gasteiger partial charge in [0.05, 0.1) is 19.6 Å². The van der Waals surface area contributed by atoms with Crippen LogP contribution in [0, 0.1) is 5.92 Å². The molecule has 0 unspecified atom stereocenters. The predicted octanol–water partition coefficient (Wildman–Crippen LogP) is 0.936. The number of ether oxygens (including phenoxy) is 2. The Morgan fingerprint density at radius 3 is 2.68 bits per heavy atom. The van der Waals surface area contributed by atoms with Gasteiger partial charge in [-0.3, -0.25) is 9.59 Å². The molecule has 1 aliphatic heterocycles. The number of primary amides is 1. The molecule has 0 saturated carbocycles. The summed E-state index contributed by atoms with van der Waals surface area (Å²) in [5.74, 6) is 0.112. The van der Waals surface area contributed by atoms with Crippen LogP contribution in [0.2, 0.25) is 0 Å². The van der Waals surface area contributed by atoms with Crippen LogP contribution >= 0.6 is 0 Å². The number of nitrogens with two attached hydrogens (primary N) is 1. The lowest BCUT2D eigenvalue weighted by Gasteiger charge is -2.31. The smallest absolute Gasteiger partial charge is 0.248 e. The Balaban J connectivity index is 1.76. The number of likely N-dealkylation sites (tertiary alicyclic amines) is 1. The number of nitrogens with zero attached hydrogens (tertiary/aromatic N) is 1. The van der Waals surface area contributed by atoms with Gasteiger partial charge in [-0.05, 0) is 30.5 Å². The molecule has 1 aromatic rings. The molecular weight excluding hydrogens is 284 g/mol. The Labute approximate surface area is 130 Å². The number of amides is 2. The maximum absolute atomic E-state index is 12.1. The van der Waals surface area contributed by atoms with E-state index in [9.17, 15) is 9.59 Å². The quantitative estimate of drug-likeness (QED) is 0.848. The summed E-state index contributed by atoms with van der Waals surface area (Å²) in [5, 5.41) is 0. The van der Waals surface area contributed by atoms with Crippen LogP contribution in [-0.4, -0.2) is 43.5 Å². The second-order valence-electron chi connectivity index (χ2n) is 5.42. The first-order valence-corrected chi connectivity index (χ1v) is 7.38. The van der Waals surface area contributed by atoms with E-state index in [1.807, 2.05) is 24.3 Å². The Kier molecular flexibility index (Phi) is 5.77. The molecule has 6 heteroatoms. The summed E-state index contributed by atoms with van der Waals surface area (Å²) in [7, 11) is 1.61. The van der Waals surface area contributed by atoms with Crippen LogP contribution in [0.15, 0.2) is 24.3 Å². The lowest BCUT2D eigenvalue weighted by molar-refractivity contribution is -0.139. The molecular formula is C16H22N2O4. The molecule has 6 nitrogen and oxygen atoms in total. The molecule has 0 spiro atoms. The summed E-state index contributed by atoms with van der Waals surface area (Å²) in [6.45, 7) is 1.44. The fraction of sp³-hybridized carbons (Fsp3) is 0.500. The van der Waals surface area contributed by atoms with Crippen LogP contribution in [0.1, 0.15) is 18.4 Å². The molecule has 1 aromatic carbocycles. The minimum atomic E-state index is -0.336. The molecule has 1 heterocycles. The number of carbonyl (C=O) groups excluding carboxylic acids is 2. The molecule has 2 rings (SSSR count). The summed E-state index contributed by atoms with van der Waals surface area (Å²) in [6.07, 6.45) is 1.56. The highest BCUT2D eigenvalue weighted by molar-refractivity contribution is 5.80. The van der Waals surface area contributed by atoms with Crippen LogP contribution in [0.4, 0.5) is 0 Å². The molecule has 1 fully saturated rings. The van der Waals surface area contributed by atoms with E-state index in [0.29, 0.717) is 19.7 Å². The van der Waals surface area contributed by atoms with Gasteiger partial charge in [-0.2, -0.15) is 0 Å². The van der Waals surface area contributed by atoms with Crippen molar-refractivity contribution >= 4 is 11.8 Å². The fourth-order valence-electron chi connectivity index (χ4n) is 2.51. The van der Waals surface area contributed by atoms with Gasteiger partial charge in [-0.15, -0.1) is 0 Å². The lowest BCUT2D eigenvalue weighted by atomic mass is 9.97. The van der Waals surface area contributed by atoms with E-state index in [-0.39, 0.29) is 24.3 Å². The largest absolute Gasteiger partial charge is 0.497 e. The second kappa shape index (κ2) is 7.79. The Morgan fingerprint density at radius 2 is 2.05 bits per heavy atom. The van der Waals surface area contributed by atoms with E-state index < -0.39 is 0 Å². The van der Waals surface area contributed by atoms with Crippen molar-refractivity contribution in [3.63, 3.8) is 0 Å². The van der Waals surface area contributed by atoms with Gasteiger partial charge in [0.15, 0.2) is 0 Å². The van der Waals surface area contributed by atoms with E-state index in [4.69, 9.17) is 15.2 Å². The molecule has 1 atom stereocenters. The molecule has 0 aliphatic carbocycles. The summed E-state index contributed by atoms with van der Waals surface area (Å²) < 4.78 is 10.5. The molecule has 22 heavy (non-hydrogen) atoms. The van der Waals surface area contributed by atoms with Gasteiger partial charge in [0.25, 0.3) is 0 Å². The molecule has 1 aliphatic rings. The highest BCUT2D eigenvalue weighted by Crippen LogP contribution is 2.16. The number of benzene rings is 1. The number of rotatable bonds is 6. The highest BCUT2D eigenvalue weighted by Gasteiger charge is 2.26. The molecule has 2 N–H and O–H groups in total. The molecule has 1 saturated heterocycles. The van der Waals surface area contributed by atoms with Crippen LogP contribution in [-0.2, 0) is 20.9 Å². The third-order valence-electron chi connectivity index (χ3n) is 3.83. The number of hydrogen-bond acceptors (Lipinski definition) is 4. The van der Waals surface area contributed by atoms with Crippen molar-refractivity contribution < 1.29 is 19.1 Å². The third-order valence-corrected chi connectivity index (χ3v) is 3.83. The highest BCUT2D eigenvalue weighted by atomic mass is 16.5. The van der Waals surface area contributed by atoms with E-state index in [0.717, 1.165) is 24.2 Å². The van der Waals surface area contributed by atoms with Gasteiger partial charge >= 0.3 is 0 Å². The topological polar surface area (TPSA) is 81.9 Å². The predicted molar refractivity (Wildman–Crippen MR) is 81.1 cm³/mol. The van der Waals surface area contributed by atoms with Crippen molar-refractivity contribution in [3.8, 4) is 5.75 Å². The van der Waals surface area contributed by atoms with Crippen molar-refractivity contribution in [2.45, 2.75) is 19.4 Å². The zero-order valence-corrected chi connectivity index (χ0v) is 12.8. The van der Waals surface area contributed by atoms with Crippen LogP contribution in [0.25, 0.3) is 0 Å². The summed E-state index contributed by atoms with van der Waals surface area (Å²) >= 11 is 0. The molecule has 2 amide bonds. The first kappa shape index (κ1) is 16.3. The lowest BCUT2D eigenvalue weighted by Crippen LogP contribution is -2.45. The Hall–Kier alpha value is -2.08. The van der Waals surface area contributed by atoms with Gasteiger partial charge in [-0.25, -0.2) is 0 Å². The maximum Gasteiger partial charge on any atom is 0.248 e. The Bertz CT molecular complexity index is 515. The van der Waals surface area contributed by atoms with Gasteiger partial charge < -0.3 is 20.1 Å². The van der Waals surface area contributed by atoms with Gasteiger partial charge in [0, 0.05) is 13.1 Å². The van der Waals surface area contributed by atoms with Crippen molar-refractivity contribution in [2.75, 3.05) is 26.8 Å². The van der Waals surface area contributed by atoms with Gasteiger partial charge in [0.2, 0.25) is 11.8 Å². The molecule has 0 aromatic heterocycles. The van der Waals surface area contributed by atoms with Crippen LogP contribution < -0.4 is 10.5 Å². The van der Waals surface area contributed by atoms with Crippen LogP contribution in [0.3, 0.4) is 0 Å². The number of methoxy groups -OCH3 is 1. The monoisotopic (exact) mass is 306 g/mol. The molecule has 0 bridgehead atoms. The van der Waals surface area contributed by atoms with E-state index >= 15 is 0 Å². The fourth-order valence-corrected chi connectivity index (χ4v) is 2.51. The number of piperidine rings is 1. The van der Waals surface area contributed by atoms with Crippen molar-refractivity contribution in [1.29, 1.82) is 0 Å². The van der Waals surface area contributed by atoms with Crippen LogP contribution in [0.5, 0.6) is 5.75 Å². The molecule has 120 valence electrons. The second-order valence-corrected chi connectivity index (χ2v) is 5.42. The SMILES string of the molecule is COc1ccc(COCC(=O)N2CCC[C@H](C(N)=O)C2)cc1. The average Bonchev–Trinajstić information content (AvgIpc) is 2.55. The van der Waals surface area contributed by atoms with E-state index in [1.165, 1.54) is 0 Å². The standard InChI is InChI=1S/C16H22N2O4/c1-21-14-6-4-12(5-7-14)10-22-11-15(19)18-8-2-3-13(9-18)16(17)20/h4-7,13H,2-3,8-11H2,1H3,(H2,17,20)/t13-/m0/s1. The number of carbonyl (C=O) groups is 2. The zero-order chi connectivity index (χ0) is 15.9. The summed E-state index contributed by atoms with van der Waals surface area (Å²) in [6, 6.07) is 7.49. The zero-order valence-electron chi connectivity index (χ0n) is 12.8. The first-order valence-electron chi connectivity index (χ1n) is 7.38. The van der Waals surface area contributed by atoms with E-state index in [2.05, 4.69) is 0 Å². The van der Waals surface area contributed by atoms with Gasteiger partial charge in [-0.1, -0.05) is 12.1 Å². The first-order chi connectivity index (χ1) is 10.6. The maximum atomic E-state index is 12.1.